The lowest BCUT2D eigenvalue weighted by atomic mass is 10.2. The van der Waals surface area contributed by atoms with Gasteiger partial charge in [0.15, 0.2) is 0 Å². The third-order valence-electron chi connectivity index (χ3n) is 2.95. The van der Waals surface area contributed by atoms with Crippen LogP contribution in [0.5, 0.6) is 0 Å². The summed E-state index contributed by atoms with van der Waals surface area (Å²) in [7, 11) is -3.50. The Morgan fingerprint density at radius 1 is 1.25 bits per heavy atom. The molecule has 0 saturated heterocycles. The van der Waals surface area contributed by atoms with E-state index in [9.17, 15) is 8.42 Å². The van der Waals surface area contributed by atoms with Crippen molar-refractivity contribution in [3.8, 4) is 0 Å². The van der Waals surface area contributed by atoms with Crippen molar-refractivity contribution in [2.45, 2.75) is 30.7 Å². The molecule has 108 valence electrons. The van der Waals surface area contributed by atoms with Crippen LogP contribution in [0.1, 0.15) is 19.1 Å². The van der Waals surface area contributed by atoms with Crippen molar-refractivity contribution in [3.63, 3.8) is 0 Å². The molecule has 0 bridgehead atoms. The molecule has 2 aromatic rings. The Morgan fingerprint density at radius 2 is 1.95 bits per heavy atom. The van der Waals surface area contributed by atoms with E-state index < -0.39 is 10.0 Å². The van der Waals surface area contributed by atoms with E-state index in [-0.39, 0.29) is 10.9 Å². The van der Waals surface area contributed by atoms with Crippen LogP contribution in [0.25, 0.3) is 0 Å². The van der Waals surface area contributed by atoms with Crippen LogP contribution in [0, 0.1) is 0 Å². The summed E-state index contributed by atoms with van der Waals surface area (Å²) in [6.45, 7) is 1.83. The molecule has 0 fully saturated rings. The second kappa shape index (κ2) is 6.11. The van der Waals surface area contributed by atoms with Crippen LogP contribution in [0.4, 0.5) is 5.69 Å². The maximum atomic E-state index is 12.1. The molecule has 1 heterocycles. The van der Waals surface area contributed by atoms with Crippen molar-refractivity contribution >= 4 is 15.7 Å². The van der Waals surface area contributed by atoms with Gasteiger partial charge >= 0.3 is 0 Å². The van der Waals surface area contributed by atoms with Gasteiger partial charge in [0.05, 0.1) is 11.2 Å². The molecule has 2 rings (SSSR count). The van der Waals surface area contributed by atoms with Gasteiger partial charge in [-0.1, -0.05) is 0 Å². The van der Waals surface area contributed by atoms with Crippen LogP contribution in [0.15, 0.2) is 52.0 Å². The number of rotatable bonds is 6. The second-order valence-electron chi connectivity index (χ2n) is 4.71. The van der Waals surface area contributed by atoms with Crippen LogP contribution in [0.2, 0.25) is 0 Å². The van der Waals surface area contributed by atoms with E-state index in [1.807, 2.05) is 19.1 Å². The van der Waals surface area contributed by atoms with E-state index in [1.54, 1.807) is 18.4 Å². The van der Waals surface area contributed by atoms with Crippen molar-refractivity contribution in [1.29, 1.82) is 0 Å². The average molecular weight is 294 g/mol. The molecule has 0 spiro atoms. The lowest BCUT2D eigenvalue weighted by molar-refractivity contribution is 0.480. The SMILES string of the molecule is CC(CCc1ccco1)NS(=O)(=O)c1ccc(N)cc1. The first-order valence-electron chi connectivity index (χ1n) is 6.37. The van der Waals surface area contributed by atoms with Gasteiger partial charge in [-0.05, 0) is 49.7 Å². The van der Waals surface area contributed by atoms with Gasteiger partial charge < -0.3 is 10.2 Å². The molecular formula is C14H18N2O3S. The van der Waals surface area contributed by atoms with Crippen molar-refractivity contribution in [3.05, 3.63) is 48.4 Å². The first-order valence-corrected chi connectivity index (χ1v) is 7.86. The zero-order valence-corrected chi connectivity index (χ0v) is 12.1. The number of benzene rings is 1. The van der Waals surface area contributed by atoms with E-state index in [0.29, 0.717) is 18.5 Å². The van der Waals surface area contributed by atoms with Gasteiger partial charge in [-0.2, -0.15) is 0 Å². The molecule has 20 heavy (non-hydrogen) atoms. The molecule has 1 aromatic carbocycles. The zero-order valence-electron chi connectivity index (χ0n) is 11.2. The minimum absolute atomic E-state index is 0.178. The zero-order chi connectivity index (χ0) is 14.6. The van der Waals surface area contributed by atoms with Crippen LogP contribution < -0.4 is 10.5 Å². The number of furan rings is 1. The summed E-state index contributed by atoms with van der Waals surface area (Å²) >= 11 is 0. The summed E-state index contributed by atoms with van der Waals surface area (Å²) in [6.07, 6.45) is 2.97. The fourth-order valence-electron chi connectivity index (χ4n) is 1.85. The van der Waals surface area contributed by atoms with Gasteiger partial charge in [-0.15, -0.1) is 0 Å². The van der Waals surface area contributed by atoms with E-state index in [0.717, 1.165) is 5.76 Å². The number of hydrogen-bond donors (Lipinski definition) is 2. The van der Waals surface area contributed by atoms with Gasteiger partial charge in [0, 0.05) is 18.2 Å². The first kappa shape index (κ1) is 14.6. The topological polar surface area (TPSA) is 85.3 Å². The monoisotopic (exact) mass is 294 g/mol. The van der Waals surface area contributed by atoms with Crippen LogP contribution in [0.3, 0.4) is 0 Å². The Balaban J connectivity index is 1.95. The van der Waals surface area contributed by atoms with E-state index in [1.165, 1.54) is 12.1 Å². The predicted molar refractivity (Wildman–Crippen MR) is 77.7 cm³/mol. The lowest BCUT2D eigenvalue weighted by Gasteiger charge is -2.13. The number of hydrogen-bond acceptors (Lipinski definition) is 4. The van der Waals surface area contributed by atoms with Crippen molar-refractivity contribution < 1.29 is 12.8 Å². The third kappa shape index (κ3) is 3.85. The standard InChI is InChI=1S/C14H18N2O3S/c1-11(4-7-13-3-2-10-19-13)16-20(17,18)14-8-5-12(15)6-9-14/h2-3,5-6,8-11,16H,4,7,15H2,1H3. The Morgan fingerprint density at radius 3 is 2.55 bits per heavy atom. The van der Waals surface area contributed by atoms with Gasteiger partial charge in [-0.3, -0.25) is 0 Å². The van der Waals surface area contributed by atoms with Crippen molar-refractivity contribution in [1.82, 2.24) is 4.72 Å². The normalized spacial score (nSPS) is 13.2. The van der Waals surface area contributed by atoms with Gasteiger partial charge in [0.1, 0.15) is 5.76 Å². The summed E-state index contributed by atoms with van der Waals surface area (Å²) in [5.41, 5.74) is 6.08. The van der Waals surface area contributed by atoms with Crippen molar-refractivity contribution in [2.75, 3.05) is 5.73 Å². The molecule has 1 unspecified atom stereocenters. The molecule has 0 aliphatic carbocycles. The average Bonchev–Trinajstić information content (AvgIpc) is 2.89. The van der Waals surface area contributed by atoms with E-state index in [2.05, 4.69) is 4.72 Å². The summed E-state index contributed by atoms with van der Waals surface area (Å²) < 4.78 is 32.1. The minimum Gasteiger partial charge on any atom is -0.469 e. The molecular weight excluding hydrogens is 276 g/mol. The molecule has 0 amide bonds. The number of nitrogens with one attached hydrogen (secondary N) is 1. The van der Waals surface area contributed by atoms with Crippen LogP contribution in [-0.2, 0) is 16.4 Å². The molecule has 0 saturated carbocycles. The highest BCUT2D eigenvalue weighted by molar-refractivity contribution is 7.89. The number of nitrogen functional groups attached to an aromatic ring is 1. The van der Waals surface area contributed by atoms with Gasteiger partial charge in [0.25, 0.3) is 0 Å². The molecule has 1 atom stereocenters. The van der Waals surface area contributed by atoms with E-state index in [4.69, 9.17) is 10.2 Å². The fourth-order valence-corrected chi connectivity index (χ4v) is 3.13. The number of nitrogens with two attached hydrogens (primary N) is 1. The number of aryl methyl sites for hydroxylation is 1. The Bertz CT molecular complexity index is 634. The highest BCUT2D eigenvalue weighted by Gasteiger charge is 2.17. The maximum Gasteiger partial charge on any atom is 0.240 e. The molecule has 0 radical (unpaired) electrons. The smallest absolute Gasteiger partial charge is 0.240 e. The van der Waals surface area contributed by atoms with Gasteiger partial charge in [0.2, 0.25) is 10.0 Å². The predicted octanol–water partition coefficient (Wildman–Crippen LogP) is 2.16. The van der Waals surface area contributed by atoms with Crippen LogP contribution >= 0.6 is 0 Å². The van der Waals surface area contributed by atoms with Crippen LogP contribution in [-0.4, -0.2) is 14.5 Å². The largest absolute Gasteiger partial charge is 0.469 e. The molecule has 1 aromatic heterocycles. The van der Waals surface area contributed by atoms with Crippen molar-refractivity contribution in [2.24, 2.45) is 0 Å². The molecule has 0 aliphatic heterocycles. The first-order chi connectivity index (χ1) is 9.47. The molecule has 0 aliphatic rings. The minimum atomic E-state index is -3.50. The molecule has 6 heteroatoms. The number of anilines is 1. The molecule has 3 N–H and O–H groups in total. The number of sulfonamides is 1. The summed E-state index contributed by atoms with van der Waals surface area (Å²) in [4.78, 5) is 0.219. The maximum absolute atomic E-state index is 12.1. The Labute approximate surface area is 118 Å². The fraction of sp³-hybridized carbons (Fsp3) is 0.286. The Kier molecular flexibility index (Phi) is 4.46. The Hall–Kier alpha value is -1.79. The summed E-state index contributed by atoms with van der Waals surface area (Å²) in [6, 6.07) is 9.65. The molecule has 5 nitrogen and oxygen atoms in total. The third-order valence-corrected chi connectivity index (χ3v) is 4.56. The second-order valence-corrected chi connectivity index (χ2v) is 6.42. The van der Waals surface area contributed by atoms with Gasteiger partial charge in [-0.25, -0.2) is 13.1 Å². The quantitative estimate of drug-likeness (QED) is 0.799. The lowest BCUT2D eigenvalue weighted by Crippen LogP contribution is -2.32. The van der Waals surface area contributed by atoms with E-state index >= 15 is 0 Å². The summed E-state index contributed by atoms with van der Waals surface area (Å²) in [5.74, 6) is 0.850. The highest BCUT2D eigenvalue weighted by atomic mass is 32.2. The summed E-state index contributed by atoms with van der Waals surface area (Å²) in [5, 5.41) is 0. The highest BCUT2D eigenvalue weighted by Crippen LogP contribution is 2.13.